The number of esters is 1. The van der Waals surface area contributed by atoms with Crippen LogP contribution < -0.4 is 5.32 Å². The Morgan fingerprint density at radius 2 is 1.84 bits per heavy atom. The van der Waals surface area contributed by atoms with Crippen molar-refractivity contribution in [2.75, 3.05) is 11.9 Å². The molecular formula is C14H24N2O2S. The van der Waals surface area contributed by atoms with Crippen molar-refractivity contribution in [1.29, 1.82) is 0 Å². The lowest BCUT2D eigenvalue weighted by Gasteiger charge is -2.32. The summed E-state index contributed by atoms with van der Waals surface area (Å²) in [4.78, 5) is 12.0. The number of hydrogen-bond donors (Lipinski definition) is 1. The van der Waals surface area contributed by atoms with Crippen LogP contribution in [-0.4, -0.2) is 22.5 Å². The largest absolute Gasteiger partial charge is 0.462 e. The van der Waals surface area contributed by atoms with Crippen LogP contribution in [0.4, 0.5) is 5.00 Å². The Labute approximate surface area is 119 Å². The highest BCUT2D eigenvalue weighted by molar-refractivity contribution is 7.10. The average Bonchev–Trinajstić information content (AvgIpc) is 2.77. The van der Waals surface area contributed by atoms with E-state index >= 15 is 0 Å². The molecule has 4 nitrogen and oxygen atoms in total. The zero-order valence-electron chi connectivity index (χ0n) is 12.5. The molecular weight excluding hydrogens is 260 g/mol. The number of carbonyl (C=O) groups is 1. The van der Waals surface area contributed by atoms with Crippen molar-refractivity contribution in [3.63, 3.8) is 0 Å². The van der Waals surface area contributed by atoms with E-state index in [1.165, 1.54) is 11.5 Å². The van der Waals surface area contributed by atoms with E-state index in [1.54, 1.807) is 0 Å². The van der Waals surface area contributed by atoms with Crippen molar-refractivity contribution in [3.05, 3.63) is 11.3 Å². The Kier molecular flexibility index (Phi) is 5.79. The molecule has 0 spiro atoms. The van der Waals surface area contributed by atoms with Gasteiger partial charge in [-0.15, -0.1) is 0 Å². The van der Waals surface area contributed by atoms with E-state index in [0.717, 1.165) is 30.0 Å². The van der Waals surface area contributed by atoms with Gasteiger partial charge in [-0.2, -0.15) is 4.37 Å². The molecule has 1 aromatic rings. The lowest BCUT2D eigenvalue weighted by molar-refractivity contribution is 0.0527. The smallest absolute Gasteiger partial charge is 0.343 e. The van der Waals surface area contributed by atoms with Crippen molar-refractivity contribution >= 4 is 22.5 Å². The molecule has 0 amide bonds. The Bertz CT molecular complexity index is 417. The fourth-order valence-corrected chi connectivity index (χ4v) is 3.06. The van der Waals surface area contributed by atoms with Crippen LogP contribution in [-0.2, 0) is 4.74 Å². The second-order valence-electron chi connectivity index (χ2n) is 4.66. The van der Waals surface area contributed by atoms with E-state index in [-0.39, 0.29) is 11.5 Å². The van der Waals surface area contributed by atoms with E-state index in [0.29, 0.717) is 12.2 Å². The molecule has 0 saturated heterocycles. The van der Waals surface area contributed by atoms with Crippen LogP contribution in [0.3, 0.4) is 0 Å². The molecule has 1 N–H and O–H groups in total. The number of aromatic nitrogens is 1. The van der Waals surface area contributed by atoms with Crippen molar-refractivity contribution < 1.29 is 9.53 Å². The minimum absolute atomic E-state index is 0.0280. The van der Waals surface area contributed by atoms with Gasteiger partial charge in [-0.1, -0.05) is 20.8 Å². The van der Waals surface area contributed by atoms with Crippen molar-refractivity contribution in [2.24, 2.45) is 0 Å². The maximum Gasteiger partial charge on any atom is 0.343 e. The number of ether oxygens (including phenoxy) is 1. The van der Waals surface area contributed by atoms with E-state index < -0.39 is 0 Å². The quantitative estimate of drug-likeness (QED) is 0.769. The SMILES string of the molecule is CCOC(=O)c1c(C)nsc1NC(CC)(CC)CC. The number of nitrogens with one attached hydrogen (secondary N) is 1. The third kappa shape index (κ3) is 3.47. The number of hydrogen-bond acceptors (Lipinski definition) is 5. The van der Waals surface area contributed by atoms with Gasteiger partial charge < -0.3 is 10.1 Å². The van der Waals surface area contributed by atoms with Gasteiger partial charge >= 0.3 is 5.97 Å². The lowest BCUT2D eigenvalue weighted by Crippen LogP contribution is -2.36. The van der Waals surface area contributed by atoms with Gasteiger partial charge in [0.25, 0.3) is 0 Å². The Morgan fingerprint density at radius 3 is 2.32 bits per heavy atom. The third-order valence-corrected chi connectivity index (χ3v) is 4.61. The molecule has 0 aliphatic heterocycles. The van der Waals surface area contributed by atoms with Gasteiger partial charge in [0.2, 0.25) is 0 Å². The van der Waals surface area contributed by atoms with Gasteiger partial charge in [-0.25, -0.2) is 4.79 Å². The van der Waals surface area contributed by atoms with Crippen LogP contribution in [0.25, 0.3) is 0 Å². The topological polar surface area (TPSA) is 51.2 Å². The van der Waals surface area contributed by atoms with Gasteiger partial charge in [0, 0.05) is 5.54 Å². The third-order valence-electron chi connectivity index (χ3n) is 3.75. The first-order valence-corrected chi connectivity index (χ1v) is 7.72. The fraction of sp³-hybridized carbons (Fsp3) is 0.714. The van der Waals surface area contributed by atoms with E-state index in [1.807, 2.05) is 13.8 Å². The molecule has 1 heterocycles. The molecule has 0 aliphatic carbocycles. The van der Waals surface area contributed by atoms with Crippen molar-refractivity contribution in [3.8, 4) is 0 Å². The summed E-state index contributed by atoms with van der Waals surface area (Å²) in [6.45, 7) is 10.5. The first-order chi connectivity index (χ1) is 9.03. The molecule has 19 heavy (non-hydrogen) atoms. The Hall–Kier alpha value is -1.10. The normalized spacial score (nSPS) is 11.4. The Balaban J connectivity index is 3.05. The first-order valence-electron chi connectivity index (χ1n) is 6.95. The van der Waals surface area contributed by atoms with Gasteiger partial charge in [-0.3, -0.25) is 0 Å². The molecule has 0 aliphatic rings. The van der Waals surface area contributed by atoms with Crippen molar-refractivity contribution in [2.45, 2.75) is 59.4 Å². The number of rotatable bonds is 7. The van der Waals surface area contributed by atoms with E-state index in [9.17, 15) is 4.79 Å². The summed E-state index contributed by atoms with van der Waals surface area (Å²) in [6.07, 6.45) is 3.04. The summed E-state index contributed by atoms with van der Waals surface area (Å²) in [5.74, 6) is -0.284. The zero-order valence-corrected chi connectivity index (χ0v) is 13.3. The van der Waals surface area contributed by atoms with Gasteiger partial charge in [0.05, 0.1) is 12.3 Å². The highest BCUT2D eigenvalue weighted by atomic mass is 32.1. The Morgan fingerprint density at radius 1 is 1.26 bits per heavy atom. The van der Waals surface area contributed by atoms with Gasteiger partial charge in [0.15, 0.2) is 0 Å². The highest BCUT2D eigenvalue weighted by Crippen LogP contribution is 2.32. The van der Waals surface area contributed by atoms with E-state index in [4.69, 9.17) is 4.74 Å². The fourth-order valence-electron chi connectivity index (χ4n) is 2.15. The molecule has 1 rings (SSSR count). The average molecular weight is 284 g/mol. The predicted octanol–water partition coefficient (Wildman–Crippen LogP) is 4.01. The molecule has 0 fully saturated rings. The monoisotopic (exact) mass is 284 g/mol. The van der Waals surface area contributed by atoms with Crippen LogP contribution in [0.2, 0.25) is 0 Å². The first kappa shape index (κ1) is 16.0. The number of aryl methyl sites for hydroxylation is 1. The number of carbonyl (C=O) groups excluding carboxylic acids is 1. The van der Waals surface area contributed by atoms with Crippen LogP contribution in [0.5, 0.6) is 0 Å². The molecule has 108 valence electrons. The summed E-state index contributed by atoms with van der Waals surface area (Å²) < 4.78 is 9.40. The van der Waals surface area contributed by atoms with Crippen LogP contribution in [0, 0.1) is 6.92 Å². The minimum Gasteiger partial charge on any atom is -0.462 e. The summed E-state index contributed by atoms with van der Waals surface area (Å²) in [5, 5.41) is 4.36. The molecule has 0 aromatic carbocycles. The molecule has 0 saturated carbocycles. The molecule has 5 heteroatoms. The number of anilines is 1. The minimum atomic E-state index is -0.284. The predicted molar refractivity (Wildman–Crippen MR) is 80.0 cm³/mol. The molecule has 0 radical (unpaired) electrons. The maximum atomic E-state index is 12.0. The van der Waals surface area contributed by atoms with Crippen molar-refractivity contribution in [1.82, 2.24) is 4.37 Å². The summed E-state index contributed by atoms with van der Waals surface area (Å²) in [6, 6.07) is 0. The van der Waals surface area contributed by atoms with E-state index in [2.05, 4.69) is 30.5 Å². The van der Waals surface area contributed by atoms with Gasteiger partial charge in [0.1, 0.15) is 10.6 Å². The second-order valence-corrected chi connectivity index (χ2v) is 5.43. The molecule has 0 bridgehead atoms. The summed E-state index contributed by atoms with van der Waals surface area (Å²) in [5.41, 5.74) is 1.36. The summed E-state index contributed by atoms with van der Waals surface area (Å²) >= 11 is 1.34. The standard InChI is InChI=1S/C14H24N2O2S/c1-6-14(7-2,8-3)15-12-11(10(5)16-19-12)13(17)18-9-4/h15H,6-9H2,1-5H3. The summed E-state index contributed by atoms with van der Waals surface area (Å²) in [7, 11) is 0. The van der Waals surface area contributed by atoms with Gasteiger partial charge in [-0.05, 0) is 44.6 Å². The highest BCUT2D eigenvalue weighted by Gasteiger charge is 2.28. The lowest BCUT2D eigenvalue weighted by atomic mass is 9.90. The molecule has 0 atom stereocenters. The zero-order chi connectivity index (χ0) is 14.5. The maximum absolute atomic E-state index is 12.0. The van der Waals surface area contributed by atoms with Crippen LogP contribution in [0.1, 0.15) is 63.0 Å². The second kappa shape index (κ2) is 6.89. The van der Waals surface area contributed by atoms with Crippen LogP contribution in [0.15, 0.2) is 0 Å². The number of nitrogens with zero attached hydrogens (tertiary/aromatic N) is 1. The molecule has 1 aromatic heterocycles. The van der Waals surface area contributed by atoms with Crippen LogP contribution >= 0.6 is 11.5 Å². The molecule has 0 unspecified atom stereocenters.